The summed E-state index contributed by atoms with van der Waals surface area (Å²) in [6.07, 6.45) is 1.08. The van der Waals surface area contributed by atoms with Crippen LogP contribution in [0.4, 0.5) is 0 Å². The Bertz CT molecular complexity index is 371. The summed E-state index contributed by atoms with van der Waals surface area (Å²) >= 11 is 3.58. The van der Waals surface area contributed by atoms with E-state index in [0.29, 0.717) is 0 Å². The van der Waals surface area contributed by atoms with Crippen molar-refractivity contribution in [2.75, 3.05) is 20.8 Å². The van der Waals surface area contributed by atoms with Gasteiger partial charge < -0.3 is 14.8 Å². The SMILES string of the molecule is CCOC(C)C(Cc1cc(OC)ccc1Br)NC. The predicted molar refractivity (Wildman–Crippen MR) is 78.3 cm³/mol. The lowest BCUT2D eigenvalue weighted by Crippen LogP contribution is -2.39. The van der Waals surface area contributed by atoms with Crippen molar-refractivity contribution in [2.45, 2.75) is 32.4 Å². The fourth-order valence-electron chi connectivity index (χ4n) is 1.95. The number of rotatable bonds is 7. The predicted octanol–water partition coefficient (Wildman–Crippen LogP) is 3.01. The number of methoxy groups -OCH3 is 1. The van der Waals surface area contributed by atoms with Crippen molar-refractivity contribution in [2.24, 2.45) is 0 Å². The first-order chi connectivity index (χ1) is 8.62. The molecule has 3 nitrogen and oxygen atoms in total. The molecule has 4 heteroatoms. The highest BCUT2D eigenvalue weighted by atomic mass is 79.9. The van der Waals surface area contributed by atoms with Crippen LogP contribution in [-0.4, -0.2) is 32.9 Å². The second-order valence-corrected chi connectivity index (χ2v) is 5.07. The first-order valence-corrected chi connectivity index (χ1v) is 7.03. The van der Waals surface area contributed by atoms with Crippen molar-refractivity contribution in [1.29, 1.82) is 0 Å². The standard InChI is InChI=1S/C14H22BrNO2/c1-5-18-10(2)14(16-3)9-11-8-12(17-4)6-7-13(11)15/h6-8,10,14,16H,5,9H2,1-4H3. The van der Waals surface area contributed by atoms with E-state index in [1.54, 1.807) is 7.11 Å². The van der Waals surface area contributed by atoms with E-state index in [-0.39, 0.29) is 12.1 Å². The van der Waals surface area contributed by atoms with Gasteiger partial charge in [0.15, 0.2) is 0 Å². The van der Waals surface area contributed by atoms with Crippen molar-refractivity contribution in [3.8, 4) is 5.75 Å². The Hall–Kier alpha value is -0.580. The van der Waals surface area contributed by atoms with Gasteiger partial charge in [-0.1, -0.05) is 15.9 Å². The molecule has 0 amide bonds. The van der Waals surface area contributed by atoms with Crippen LogP contribution in [-0.2, 0) is 11.2 Å². The summed E-state index contributed by atoms with van der Waals surface area (Å²) in [4.78, 5) is 0. The Labute approximate surface area is 118 Å². The molecule has 1 N–H and O–H groups in total. The van der Waals surface area contributed by atoms with Gasteiger partial charge in [0.25, 0.3) is 0 Å². The number of ether oxygens (including phenoxy) is 2. The van der Waals surface area contributed by atoms with Gasteiger partial charge >= 0.3 is 0 Å². The van der Waals surface area contributed by atoms with Crippen molar-refractivity contribution in [1.82, 2.24) is 5.32 Å². The summed E-state index contributed by atoms with van der Waals surface area (Å²) < 4.78 is 12.0. The maximum atomic E-state index is 5.65. The quantitative estimate of drug-likeness (QED) is 0.839. The minimum absolute atomic E-state index is 0.179. The minimum Gasteiger partial charge on any atom is -0.497 e. The third kappa shape index (κ3) is 4.26. The zero-order chi connectivity index (χ0) is 13.5. The lowest BCUT2D eigenvalue weighted by molar-refractivity contribution is 0.0496. The first-order valence-electron chi connectivity index (χ1n) is 6.23. The second-order valence-electron chi connectivity index (χ2n) is 4.22. The van der Waals surface area contributed by atoms with E-state index in [0.717, 1.165) is 23.2 Å². The third-order valence-electron chi connectivity index (χ3n) is 3.06. The number of halogens is 1. The van der Waals surface area contributed by atoms with Crippen molar-refractivity contribution < 1.29 is 9.47 Å². The van der Waals surface area contributed by atoms with Crippen LogP contribution in [0.15, 0.2) is 22.7 Å². The summed E-state index contributed by atoms with van der Waals surface area (Å²) in [5.41, 5.74) is 1.22. The van der Waals surface area contributed by atoms with Gasteiger partial charge in [-0.2, -0.15) is 0 Å². The van der Waals surface area contributed by atoms with Gasteiger partial charge in [0.2, 0.25) is 0 Å². The van der Waals surface area contributed by atoms with Gasteiger partial charge in [0.05, 0.1) is 13.2 Å². The molecule has 0 saturated heterocycles. The Morgan fingerprint density at radius 1 is 1.39 bits per heavy atom. The molecule has 0 aliphatic rings. The average molecular weight is 316 g/mol. The number of hydrogen-bond acceptors (Lipinski definition) is 3. The Morgan fingerprint density at radius 3 is 2.67 bits per heavy atom. The molecule has 2 unspecified atom stereocenters. The van der Waals surface area contributed by atoms with Crippen molar-refractivity contribution >= 4 is 15.9 Å². The van der Waals surface area contributed by atoms with Crippen LogP contribution in [0.5, 0.6) is 5.75 Å². The van der Waals surface area contributed by atoms with Crippen molar-refractivity contribution in [3.05, 3.63) is 28.2 Å². The van der Waals surface area contributed by atoms with E-state index in [9.17, 15) is 0 Å². The van der Waals surface area contributed by atoms with Gasteiger partial charge in [-0.3, -0.25) is 0 Å². The van der Waals surface area contributed by atoms with E-state index >= 15 is 0 Å². The van der Waals surface area contributed by atoms with Gasteiger partial charge in [-0.05, 0) is 51.1 Å². The number of benzene rings is 1. The molecule has 1 rings (SSSR count). The monoisotopic (exact) mass is 315 g/mol. The molecule has 0 fully saturated rings. The molecule has 0 bridgehead atoms. The van der Waals surface area contributed by atoms with Gasteiger partial charge in [-0.15, -0.1) is 0 Å². The molecule has 1 aromatic carbocycles. The van der Waals surface area contributed by atoms with E-state index < -0.39 is 0 Å². The van der Waals surface area contributed by atoms with Gasteiger partial charge in [0, 0.05) is 17.1 Å². The van der Waals surface area contributed by atoms with Crippen LogP contribution < -0.4 is 10.1 Å². The third-order valence-corrected chi connectivity index (χ3v) is 3.83. The molecule has 2 atom stereocenters. The Balaban J connectivity index is 2.80. The molecule has 0 heterocycles. The Kier molecular flexibility index (Phi) is 6.68. The summed E-state index contributed by atoms with van der Waals surface area (Å²) in [6, 6.07) is 6.32. The average Bonchev–Trinajstić information content (AvgIpc) is 2.38. The fourth-order valence-corrected chi connectivity index (χ4v) is 2.36. The smallest absolute Gasteiger partial charge is 0.119 e. The highest BCUT2D eigenvalue weighted by Crippen LogP contribution is 2.24. The highest BCUT2D eigenvalue weighted by Gasteiger charge is 2.17. The lowest BCUT2D eigenvalue weighted by Gasteiger charge is -2.24. The van der Waals surface area contributed by atoms with E-state index in [1.807, 2.05) is 26.1 Å². The number of hydrogen-bond donors (Lipinski definition) is 1. The zero-order valence-electron chi connectivity index (χ0n) is 11.5. The topological polar surface area (TPSA) is 30.5 Å². The molecule has 0 radical (unpaired) electrons. The largest absolute Gasteiger partial charge is 0.497 e. The highest BCUT2D eigenvalue weighted by molar-refractivity contribution is 9.10. The van der Waals surface area contributed by atoms with Crippen LogP contribution in [0.25, 0.3) is 0 Å². The number of nitrogens with one attached hydrogen (secondary N) is 1. The van der Waals surface area contributed by atoms with Crippen LogP contribution in [0, 0.1) is 0 Å². The molecular weight excluding hydrogens is 294 g/mol. The maximum Gasteiger partial charge on any atom is 0.119 e. The molecule has 0 aromatic heterocycles. The van der Waals surface area contributed by atoms with Gasteiger partial charge in [-0.25, -0.2) is 0 Å². The molecule has 18 heavy (non-hydrogen) atoms. The summed E-state index contributed by atoms with van der Waals surface area (Å²) in [5, 5.41) is 3.31. The first kappa shape index (κ1) is 15.5. The molecular formula is C14H22BrNO2. The molecule has 102 valence electrons. The molecule has 0 aliphatic heterocycles. The van der Waals surface area contributed by atoms with Gasteiger partial charge in [0.1, 0.15) is 5.75 Å². The summed E-state index contributed by atoms with van der Waals surface area (Å²) in [5.74, 6) is 0.882. The fraction of sp³-hybridized carbons (Fsp3) is 0.571. The maximum absolute atomic E-state index is 5.65. The summed E-state index contributed by atoms with van der Waals surface area (Å²) in [6.45, 7) is 4.85. The molecule has 0 spiro atoms. The molecule has 0 aliphatic carbocycles. The van der Waals surface area contributed by atoms with E-state index in [1.165, 1.54) is 5.56 Å². The zero-order valence-corrected chi connectivity index (χ0v) is 13.1. The normalized spacial score (nSPS) is 14.3. The Morgan fingerprint density at radius 2 is 2.11 bits per heavy atom. The van der Waals surface area contributed by atoms with Crippen LogP contribution >= 0.6 is 15.9 Å². The summed E-state index contributed by atoms with van der Waals surface area (Å²) in [7, 11) is 3.65. The molecule has 0 saturated carbocycles. The number of likely N-dealkylation sites (N-methyl/N-ethyl adjacent to an activating group) is 1. The van der Waals surface area contributed by atoms with Crippen LogP contribution in [0.2, 0.25) is 0 Å². The van der Waals surface area contributed by atoms with Crippen LogP contribution in [0.3, 0.4) is 0 Å². The molecule has 1 aromatic rings. The lowest BCUT2D eigenvalue weighted by atomic mass is 10.0. The van der Waals surface area contributed by atoms with Crippen LogP contribution in [0.1, 0.15) is 19.4 Å². The van der Waals surface area contributed by atoms with E-state index in [2.05, 4.69) is 34.2 Å². The minimum atomic E-state index is 0.179. The second kappa shape index (κ2) is 7.77. The van der Waals surface area contributed by atoms with E-state index in [4.69, 9.17) is 9.47 Å². The van der Waals surface area contributed by atoms with Crippen molar-refractivity contribution in [3.63, 3.8) is 0 Å².